The molecule has 0 radical (unpaired) electrons. The van der Waals surface area contributed by atoms with Gasteiger partial charge in [0, 0.05) is 17.0 Å². The molecule has 34 heavy (non-hydrogen) atoms. The molecule has 8 nitrogen and oxygen atoms in total. The van der Waals surface area contributed by atoms with Gasteiger partial charge >= 0.3 is 0 Å². The molecule has 2 aliphatic heterocycles. The van der Waals surface area contributed by atoms with Gasteiger partial charge in [0.05, 0.1) is 24.2 Å². The first kappa shape index (κ1) is 22.5. The van der Waals surface area contributed by atoms with Crippen LogP contribution in [-0.2, 0) is 19.5 Å². The third-order valence-electron chi connectivity index (χ3n) is 6.28. The molecule has 2 aliphatic rings. The zero-order valence-corrected chi connectivity index (χ0v) is 19.1. The Morgan fingerprint density at radius 1 is 0.941 bits per heavy atom. The SMILES string of the molecule is N=C(N)c1cccc([C@H]2CO[C@H]3[C@@H]2OC[C@H]3Oc2ccc(-c3ccccc3S(N)(=O)=O)cc2)c1. The number of amidine groups is 1. The van der Waals surface area contributed by atoms with E-state index in [2.05, 4.69) is 0 Å². The minimum absolute atomic E-state index is 0.0287. The van der Waals surface area contributed by atoms with Crippen LogP contribution in [0.2, 0.25) is 0 Å². The van der Waals surface area contributed by atoms with Crippen molar-refractivity contribution in [2.45, 2.75) is 29.1 Å². The molecule has 0 spiro atoms. The Balaban J connectivity index is 1.30. The largest absolute Gasteiger partial charge is 0.485 e. The van der Waals surface area contributed by atoms with E-state index in [0.717, 1.165) is 11.1 Å². The number of ether oxygens (including phenoxy) is 3. The minimum atomic E-state index is -3.84. The molecule has 176 valence electrons. The second kappa shape index (κ2) is 8.84. The summed E-state index contributed by atoms with van der Waals surface area (Å²) in [6.07, 6.45) is -0.629. The van der Waals surface area contributed by atoms with E-state index in [-0.39, 0.29) is 35.0 Å². The van der Waals surface area contributed by atoms with E-state index >= 15 is 0 Å². The maximum absolute atomic E-state index is 11.9. The van der Waals surface area contributed by atoms with Crippen LogP contribution in [0.5, 0.6) is 5.75 Å². The number of hydrogen-bond acceptors (Lipinski definition) is 6. The predicted molar refractivity (Wildman–Crippen MR) is 127 cm³/mol. The van der Waals surface area contributed by atoms with Gasteiger partial charge in [-0.05, 0) is 35.4 Å². The van der Waals surface area contributed by atoms with E-state index in [4.69, 9.17) is 30.5 Å². The number of hydrogen-bond donors (Lipinski definition) is 3. The summed E-state index contributed by atoms with van der Waals surface area (Å²) in [7, 11) is -3.84. The highest BCUT2D eigenvalue weighted by Gasteiger charge is 2.49. The van der Waals surface area contributed by atoms with Gasteiger partial charge in [-0.2, -0.15) is 0 Å². The molecule has 3 aromatic carbocycles. The zero-order valence-electron chi connectivity index (χ0n) is 18.3. The molecule has 4 atom stereocenters. The lowest BCUT2D eigenvalue weighted by atomic mass is 9.92. The van der Waals surface area contributed by atoms with Crippen LogP contribution < -0.4 is 15.6 Å². The molecule has 5 rings (SSSR count). The van der Waals surface area contributed by atoms with Crippen molar-refractivity contribution < 1.29 is 22.6 Å². The molecule has 2 heterocycles. The Bertz CT molecular complexity index is 1330. The third-order valence-corrected chi connectivity index (χ3v) is 7.25. The molecule has 2 fully saturated rings. The lowest BCUT2D eigenvalue weighted by Crippen LogP contribution is -2.33. The molecular formula is C25H25N3O5S. The molecule has 9 heteroatoms. The topological polar surface area (TPSA) is 138 Å². The van der Waals surface area contributed by atoms with Crippen LogP contribution in [0.1, 0.15) is 17.0 Å². The van der Waals surface area contributed by atoms with Crippen LogP contribution >= 0.6 is 0 Å². The van der Waals surface area contributed by atoms with E-state index in [1.54, 1.807) is 42.5 Å². The Morgan fingerprint density at radius 3 is 2.41 bits per heavy atom. The molecule has 3 aromatic rings. The number of rotatable bonds is 6. The maximum Gasteiger partial charge on any atom is 0.238 e. The van der Waals surface area contributed by atoms with Crippen molar-refractivity contribution in [3.63, 3.8) is 0 Å². The van der Waals surface area contributed by atoms with Crippen LogP contribution in [0.4, 0.5) is 0 Å². The van der Waals surface area contributed by atoms with Gasteiger partial charge in [-0.1, -0.05) is 48.5 Å². The van der Waals surface area contributed by atoms with Crippen LogP contribution in [-0.4, -0.2) is 45.8 Å². The number of benzene rings is 3. The summed E-state index contributed by atoms with van der Waals surface area (Å²) in [6, 6.07) is 21.4. The van der Waals surface area contributed by atoms with Crippen molar-refractivity contribution in [3.05, 3.63) is 83.9 Å². The number of nitrogens with one attached hydrogen (secondary N) is 1. The Morgan fingerprint density at radius 2 is 1.68 bits per heavy atom. The quantitative estimate of drug-likeness (QED) is 0.367. The molecule has 5 N–H and O–H groups in total. The molecule has 0 aromatic heterocycles. The highest BCUT2D eigenvalue weighted by atomic mass is 32.2. The Hall–Kier alpha value is -3.24. The van der Waals surface area contributed by atoms with E-state index in [9.17, 15) is 8.42 Å². The number of primary sulfonamides is 1. The van der Waals surface area contributed by atoms with Gasteiger partial charge < -0.3 is 19.9 Å². The number of sulfonamides is 1. The molecule has 0 unspecified atom stereocenters. The summed E-state index contributed by atoms with van der Waals surface area (Å²) >= 11 is 0. The van der Waals surface area contributed by atoms with E-state index in [1.165, 1.54) is 6.07 Å². The number of nitrogen functional groups attached to an aromatic ring is 1. The van der Waals surface area contributed by atoms with E-state index in [1.807, 2.05) is 24.3 Å². The fraction of sp³-hybridized carbons (Fsp3) is 0.240. The summed E-state index contributed by atoms with van der Waals surface area (Å²) in [4.78, 5) is 0.0787. The monoisotopic (exact) mass is 479 g/mol. The molecule has 0 amide bonds. The molecule has 2 saturated heterocycles. The van der Waals surface area contributed by atoms with Gasteiger partial charge in [0.15, 0.2) is 6.10 Å². The summed E-state index contributed by atoms with van der Waals surface area (Å²) in [5.41, 5.74) is 8.60. The second-order valence-electron chi connectivity index (χ2n) is 8.46. The van der Waals surface area contributed by atoms with Crippen molar-refractivity contribution >= 4 is 15.9 Å². The van der Waals surface area contributed by atoms with Crippen LogP contribution in [0.25, 0.3) is 11.1 Å². The highest BCUT2D eigenvalue weighted by Crippen LogP contribution is 2.39. The predicted octanol–water partition coefficient (Wildman–Crippen LogP) is 2.61. The first-order chi connectivity index (χ1) is 16.3. The summed E-state index contributed by atoms with van der Waals surface area (Å²) < 4.78 is 42.1. The van der Waals surface area contributed by atoms with Crippen LogP contribution in [0.3, 0.4) is 0 Å². The number of nitrogens with two attached hydrogens (primary N) is 2. The molecule has 0 bridgehead atoms. The second-order valence-corrected chi connectivity index (χ2v) is 9.99. The third kappa shape index (κ3) is 4.30. The zero-order chi connectivity index (χ0) is 23.9. The Kier molecular flexibility index (Phi) is 5.86. The lowest BCUT2D eigenvalue weighted by Gasteiger charge is -2.19. The van der Waals surface area contributed by atoms with Gasteiger partial charge in [-0.25, -0.2) is 13.6 Å². The average molecular weight is 480 g/mol. The first-order valence-electron chi connectivity index (χ1n) is 10.9. The lowest BCUT2D eigenvalue weighted by molar-refractivity contribution is 0.0305. The van der Waals surface area contributed by atoms with Crippen molar-refractivity contribution in [3.8, 4) is 16.9 Å². The fourth-order valence-corrected chi connectivity index (χ4v) is 5.39. The standard InChI is InChI=1S/C25H25N3O5S/c26-25(27)17-5-3-4-16(12-17)20-13-31-24-21(14-32-23(20)24)33-18-10-8-15(9-11-18)19-6-1-2-7-22(19)34(28,29)30/h1-12,20-21,23-24H,13-14H2,(H3,26,27)(H2,28,29,30)/t20-,21-,23-,24-/m1/s1. The van der Waals surface area contributed by atoms with Gasteiger partial charge in [-0.15, -0.1) is 0 Å². The Labute approximate surface area is 198 Å². The normalized spacial score (nSPS) is 24.0. The molecule has 0 aliphatic carbocycles. The van der Waals surface area contributed by atoms with Crippen molar-refractivity contribution in [1.82, 2.24) is 0 Å². The highest BCUT2D eigenvalue weighted by molar-refractivity contribution is 7.89. The van der Waals surface area contributed by atoms with E-state index < -0.39 is 10.0 Å². The average Bonchev–Trinajstić information content (AvgIpc) is 3.42. The first-order valence-corrected chi connectivity index (χ1v) is 12.4. The van der Waals surface area contributed by atoms with Gasteiger partial charge in [0.1, 0.15) is 17.7 Å². The van der Waals surface area contributed by atoms with Crippen LogP contribution in [0.15, 0.2) is 77.7 Å². The maximum atomic E-state index is 11.9. The summed E-state index contributed by atoms with van der Waals surface area (Å²) in [5, 5.41) is 13.0. The molecule has 0 saturated carbocycles. The summed E-state index contributed by atoms with van der Waals surface area (Å²) in [6.45, 7) is 0.897. The molecular weight excluding hydrogens is 454 g/mol. The summed E-state index contributed by atoms with van der Waals surface area (Å²) in [5.74, 6) is 0.702. The minimum Gasteiger partial charge on any atom is -0.485 e. The van der Waals surface area contributed by atoms with Crippen molar-refractivity contribution in [2.75, 3.05) is 13.2 Å². The van der Waals surface area contributed by atoms with Gasteiger partial charge in [0.2, 0.25) is 10.0 Å². The van der Waals surface area contributed by atoms with Crippen LogP contribution in [0, 0.1) is 5.41 Å². The fourth-order valence-electron chi connectivity index (χ4n) is 4.63. The van der Waals surface area contributed by atoms with Crippen molar-refractivity contribution in [2.24, 2.45) is 10.9 Å². The van der Waals surface area contributed by atoms with Gasteiger partial charge in [0.25, 0.3) is 0 Å². The number of fused-ring (bicyclic) bond motifs is 1. The smallest absolute Gasteiger partial charge is 0.238 e. The van der Waals surface area contributed by atoms with Gasteiger partial charge in [-0.3, -0.25) is 5.41 Å². The van der Waals surface area contributed by atoms with Crippen molar-refractivity contribution in [1.29, 1.82) is 5.41 Å². The van der Waals surface area contributed by atoms with E-state index in [0.29, 0.717) is 30.1 Å².